The van der Waals surface area contributed by atoms with Crippen LogP contribution in [0.15, 0.2) is 47.2 Å². The maximum absolute atomic E-state index is 12.3. The van der Waals surface area contributed by atoms with E-state index in [0.717, 1.165) is 24.9 Å². The molecule has 0 bridgehead atoms. The van der Waals surface area contributed by atoms with E-state index >= 15 is 0 Å². The van der Waals surface area contributed by atoms with Crippen LogP contribution in [0.2, 0.25) is 0 Å². The third-order valence-corrected chi connectivity index (χ3v) is 5.20. The molecule has 2 aromatic rings. The van der Waals surface area contributed by atoms with Crippen molar-refractivity contribution < 1.29 is 9.59 Å². The summed E-state index contributed by atoms with van der Waals surface area (Å²) in [4.78, 5) is 26.5. The minimum absolute atomic E-state index is 0.00821. The van der Waals surface area contributed by atoms with E-state index < -0.39 is 0 Å². The summed E-state index contributed by atoms with van der Waals surface area (Å²) in [5.74, 6) is 0.251. The maximum atomic E-state index is 12.3. The Morgan fingerprint density at radius 3 is 2.54 bits per heavy atom. The molecule has 126 valence electrons. The fourth-order valence-electron chi connectivity index (χ4n) is 3.00. The summed E-state index contributed by atoms with van der Waals surface area (Å²) in [5.41, 5.74) is 2.06. The highest BCUT2D eigenvalue weighted by Gasteiger charge is 2.27. The first-order valence-corrected chi connectivity index (χ1v) is 9.31. The number of hydrogen-bond acceptors (Lipinski definition) is 3. The lowest BCUT2D eigenvalue weighted by atomic mass is 9.95. The standard InChI is InChI=1S/C19H22N2O2S/c22-18(7-6-15-10-13-24-14-15)21-11-8-16(9-12-21)19(23)20-17-4-2-1-3-5-17/h1-5,10,13-14,16H,6-9,11-12H2,(H,20,23). The van der Waals surface area contributed by atoms with Crippen LogP contribution >= 0.6 is 11.3 Å². The molecule has 0 atom stereocenters. The Kier molecular flexibility index (Phi) is 5.64. The number of nitrogens with one attached hydrogen (secondary N) is 1. The van der Waals surface area contributed by atoms with Crippen molar-refractivity contribution in [2.45, 2.75) is 25.7 Å². The summed E-state index contributed by atoms with van der Waals surface area (Å²) >= 11 is 1.66. The number of piperidine rings is 1. The normalized spacial score (nSPS) is 15.2. The molecule has 3 rings (SSSR count). The largest absolute Gasteiger partial charge is 0.343 e. The number of aryl methyl sites for hydroxylation is 1. The Balaban J connectivity index is 1.43. The number of nitrogens with zero attached hydrogens (tertiary/aromatic N) is 1. The molecule has 1 aromatic heterocycles. The lowest BCUT2D eigenvalue weighted by molar-refractivity contribution is -0.134. The summed E-state index contributed by atoms with van der Waals surface area (Å²) < 4.78 is 0. The van der Waals surface area contributed by atoms with Gasteiger partial charge in [-0.05, 0) is 53.8 Å². The molecular formula is C19H22N2O2S. The van der Waals surface area contributed by atoms with Crippen molar-refractivity contribution in [3.05, 3.63) is 52.7 Å². The van der Waals surface area contributed by atoms with Crippen LogP contribution in [0.25, 0.3) is 0 Å². The van der Waals surface area contributed by atoms with Crippen LogP contribution in [-0.2, 0) is 16.0 Å². The van der Waals surface area contributed by atoms with Gasteiger partial charge in [-0.25, -0.2) is 0 Å². The van der Waals surface area contributed by atoms with Crippen LogP contribution in [0, 0.1) is 5.92 Å². The monoisotopic (exact) mass is 342 g/mol. The number of anilines is 1. The van der Waals surface area contributed by atoms with Crippen LogP contribution in [0.4, 0.5) is 5.69 Å². The molecule has 2 amide bonds. The van der Waals surface area contributed by atoms with Crippen molar-refractivity contribution in [1.29, 1.82) is 0 Å². The van der Waals surface area contributed by atoms with Gasteiger partial charge in [0.15, 0.2) is 0 Å². The van der Waals surface area contributed by atoms with E-state index in [9.17, 15) is 9.59 Å². The van der Waals surface area contributed by atoms with E-state index in [4.69, 9.17) is 0 Å². The zero-order valence-electron chi connectivity index (χ0n) is 13.6. The Morgan fingerprint density at radius 1 is 1.12 bits per heavy atom. The van der Waals surface area contributed by atoms with Gasteiger partial charge in [-0.15, -0.1) is 0 Å². The lowest BCUT2D eigenvalue weighted by Gasteiger charge is -2.31. The molecule has 1 N–H and O–H groups in total. The van der Waals surface area contributed by atoms with Crippen molar-refractivity contribution in [3.8, 4) is 0 Å². The molecule has 2 heterocycles. The fourth-order valence-corrected chi connectivity index (χ4v) is 3.70. The minimum Gasteiger partial charge on any atom is -0.343 e. The van der Waals surface area contributed by atoms with Crippen LogP contribution in [0.3, 0.4) is 0 Å². The third kappa shape index (κ3) is 4.45. The number of carbonyl (C=O) groups is 2. The van der Waals surface area contributed by atoms with Gasteiger partial charge in [-0.2, -0.15) is 11.3 Å². The highest BCUT2D eigenvalue weighted by Crippen LogP contribution is 2.20. The molecule has 24 heavy (non-hydrogen) atoms. The summed E-state index contributed by atoms with van der Waals surface area (Å²) in [6.07, 6.45) is 2.83. The summed E-state index contributed by atoms with van der Waals surface area (Å²) in [6.45, 7) is 1.35. The number of para-hydroxylation sites is 1. The fraction of sp³-hybridized carbons (Fsp3) is 0.368. The van der Waals surface area contributed by atoms with Gasteiger partial charge in [0.05, 0.1) is 0 Å². The maximum Gasteiger partial charge on any atom is 0.227 e. The number of hydrogen-bond donors (Lipinski definition) is 1. The smallest absolute Gasteiger partial charge is 0.227 e. The first-order chi connectivity index (χ1) is 11.7. The van der Waals surface area contributed by atoms with Gasteiger partial charge < -0.3 is 10.2 Å². The summed E-state index contributed by atoms with van der Waals surface area (Å²) in [7, 11) is 0. The average molecular weight is 342 g/mol. The Bertz CT molecular complexity index is 662. The second-order valence-corrected chi connectivity index (χ2v) is 6.92. The molecule has 0 spiro atoms. The van der Waals surface area contributed by atoms with Crippen LogP contribution in [-0.4, -0.2) is 29.8 Å². The van der Waals surface area contributed by atoms with Gasteiger partial charge in [0.1, 0.15) is 0 Å². The second-order valence-electron chi connectivity index (χ2n) is 6.14. The molecule has 1 fully saturated rings. The molecule has 5 heteroatoms. The number of likely N-dealkylation sites (tertiary alicyclic amines) is 1. The van der Waals surface area contributed by atoms with Crippen molar-refractivity contribution in [1.82, 2.24) is 4.90 Å². The summed E-state index contributed by atoms with van der Waals surface area (Å²) in [5, 5.41) is 7.09. The van der Waals surface area contributed by atoms with Gasteiger partial charge in [0.2, 0.25) is 11.8 Å². The highest BCUT2D eigenvalue weighted by molar-refractivity contribution is 7.07. The predicted octanol–water partition coefficient (Wildman–Crippen LogP) is 3.56. The van der Waals surface area contributed by atoms with E-state index in [-0.39, 0.29) is 17.7 Å². The van der Waals surface area contributed by atoms with Crippen LogP contribution in [0.1, 0.15) is 24.8 Å². The molecule has 0 aliphatic carbocycles. The third-order valence-electron chi connectivity index (χ3n) is 4.47. The first-order valence-electron chi connectivity index (χ1n) is 8.37. The molecule has 0 unspecified atom stereocenters. The van der Waals surface area contributed by atoms with Gasteiger partial charge in [-0.3, -0.25) is 9.59 Å². The summed E-state index contributed by atoms with van der Waals surface area (Å²) in [6, 6.07) is 11.6. The number of thiophene rings is 1. The Morgan fingerprint density at radius 2 is 1.88 bits per heavy atom. The number of carbonyl (C=O) groups excluding carboxylic acids is 2. The quantitative estimate of drug-likeness (QED) is 0.903. The second kappa shape index (κ2) is 8.11. The first kappa shape index (κ1) is 16.7. The molecule has 1 aromatic carbocycles. The lowest BCUT2D eigenvalue weighted by Crippen LogP contribution is -2.41. The molecule has 4 nitrogen and oxygen atoms in total. The van der Waals surface area contributed by atoms with E-state index in [1.54, 1.807) is 11.3 Å². The van der Waals surface area contributed by atoms with E-state index in [0.29, 0.717) is 19.5 Å². The SMILES string of the molecule is O=C(Nc1ccccc1)C1CCN(C(=O)CCc2ccsc2)CC1. The number of rotatable bonds is 5. The van der Waals surface area contributed by atoms with Crippen molar-refractivity contribution in [2.75, 3.05) is 18.4 Å². The zero-order valence-corrected chi connectivity index (χ0v) is 14.4. The molecule has 0 radical (unpaired) electrons. The zero-order chi connectivity index (χ0) is 16.8. The topological polar surface area (TPSA) is 49.4 Å². The van der Waals surface area contributed by atoms with E-state index in [2.05, 4.69) is 16.8 Å². The number of benzene rings is 1. The molecule has 0 saturated carbocycles. The molecule has 1 aliphatic rings. The van der Waals surface area contributed by atoms with Crippen molar-refractivity contribution in [3.63, 3.8) is 0 Å². The van der Waals surface area contributed by atoms with Crippen LogP contribution in [0.5, 0.6) is 0 Å². The van der Waals surface area contributed by atoms with Crippen molar-refractivity contribution >= 4 is 28.8 Å². The van der Waals surface area contributed by atoms with Gasteiger partial charge in [0.25, 0.3) is 0 Å². The van der Waals surface area contributed by atoms with E-state index in [1.807, 2.05) is 40.6 Å². The van der Waals surface area contributed by atoms with Gasteiger partial charge in [0, 0.05) is 31.1 Å². The van der Waals surface area contributed by atoms with Crippen molar-refractivity contribution in [2.24, 2.45) is 5.92 Å². The van der Waals surface area contributed by atoms with Gasteiger partial charge >= 0.3 is 0 Å². The Hall–Kier alpha value is -2.14. The minimum atomic E-state index is -0.00821. The number of amides is 2. The Labute approximate surface area is 146 Å². The molecular weight excluding hydrogens is 320 g/mol. The average Bonchev–Trinajstić information content (AvgIpc) is 3.14. The highest BCUT2D eigenvalue weighted by atomic mass is 32.1. The van der Waals surface area contributed by atoms with Gasteiger partial charge in [-0.1, -0.05) is 18.2 Å². The predicted molar refractivity (Wildman–Crippen MR) is 97.0 cm³/mol. The van der Waals surface area contributed by atoms with E-state index in [1.165, 1.54) is 5.56 Å². The molecule has 1 saturated heterocycles. The van der Waals surface area contributed by atoms with Crippen LogP contribution < -0.4 is 5.32 Å². The molecule has 1 aliphatic heterocycles.